The van der Waals surface area contributed by atoms with Crippen molar-refractivity contribution in [1.29, 1.82) is 0 Å². The maximum Gasteiger partial charge on any atom is 0.458 e. The van der Waals surface area contributed by atoms with Crippen LogP contribution in [0, 0.1) is 0 Å². The van der Waals surface area contributed by atoms with Gasteiger partial charge in [-0.2, -0.15) is 17.6 Å². The number of carbonyl (C=O) groups excluding carboxylic acids is 2. The second kappa shape index (κ2) is 8.91. The molecule has 0 saturated heterocycles. The van der Waals surface area contributed by atoms with Gasteiger partial charge in [-0.3, -0.25) is 4.79 Å². The van der Waals surface area contributed by atoms with Gasteiger partial charge in [0, 0.05) is 17.6 Å². The van der Waals surface area contributed by atoms with Gasteiger partial charge < -0.3 is 14.8 Å². The monoisotopic (exact) mass is 433 g/mol. The first kappa shape index (κ1) is 22.8. The summed E-state index contributed by atoms with van der Waals surface area (Å²) in [5.41, 5.74) is 0.896. The maximum absolute atomic E-state index is 14.2. The number of ether oxygens (including phenoxy) is 2. The van der Waals surface area contributed by atoms with Crippen LogP contribution in [0.3, 0.4) is 0 Å². The van der Waals surface area contributed by atoms with Crippen LogP contribution in [0.5, 0.6) is 0 Å². The van der Waals surface area contributed by atoms with Crippen LogP contribution in [0.25, 0.3) is 11.1 Å². The SMILES string of the molecule is CCOC(=O)c1c(NC(=O)[C@@](F)(OC)C(F)(F)F)sc(CC)c1-c1ccccc1. The van der Waals surface area contributed by atoms with Crippen LogP contribution in [-0.4, -0.2) is 37.6 Å². The van der Waals surface area contributed by atoms with Crippen LogP contribution in [0.1, 0.15) is 29.1 Å². The van der Waals surface area contributed by atoms with E-state index < -0.39 is 23.9 Å². The number of benzene rings is 1. The summed E-state index contributed by atoms with van der Waals surface area (Å²) in [5, 5.41) is 1.63. The number of carbonyl (C=O) groups is 2. The Hall–Kier alpha value is -2.46. The molecule has 0 aliphatic heterocycles. The topological polar surface area (TPSA) is 64.6 Å². The Morgan fingerprint density at radius 2 is 1.72 bits per heavy atom. The number of hydrogen-bond donors (Lipinski definition) is 1. The number of rotatable bonds is 7. The average Bonchev–Trinajstić information content (AvgIpc) is 3.05. The second-order valence-electron chi connectivity index (χ2n) is 5.80. The molecule has 0 spiro atoms. The Kier molecular flexibility index (Phi) is 7.02. The zero-order valence-electron chi connectivity index (χ0n) is 15.9. The van der Waals surface area contributed by atoms with Crippen molar-refractivity contribution in [2.24, 2.45) is 0 Å². The third-order valence-corrected chi connectivity index (χ3v) is 5.26. The van der Waals surface area contributed by atoms with Gasteiger partial charge in [-0.1, -0.05) is 37.3 Å². The highest BCUT2D eigenvalue weighted by Crippen LogP contribution is 2.43. The molecule has 29 heavy (non-hydrogen) atoms. The summed E-state index contributed by atoms with van der Waals surface area (Å²) < 4.78 is 62.1. The van der Waals surface area contributed by atoms with Gasteiger partial charge in [0.15, 0.2) is 0 Å². The standard InChI is InChI=1S/C19H19F4NO4S/c1-4-12-13(11-9-7-6-8-10-11)14(16(25)28-5-2)15(29-12)24-17(26)18(20,27-3)19(21,22)23/h6-10H,4-5H2,1-3H3,(H,24,26)/t18-/m1/s1. The van der Waals surface area contributed by atoms with E-state index in [0.29, 0.717) is 29.5 Å². The number of thiophene rings is 1. The lowest BCUT2D eigenvalue weighted by Gasteiger charge is -2.24. The predicted octanol–water partition coefficient (Wildman–Crippen LogP) is 4.97. The highest BCUT2D eigenvalue weighted by atomic mass is 32.1. The Labute approximate surface area is 168 Å². The highest BCUT2D eigenvalue weighted by molar-refractivity contribution is 7.17. The van der Waals surface area contributed by atoms with Crippen molar-refractivity contribution in [2.45, 2.75) is 32.3 Å². The van der Waals surface area contributed by atoms with Crippen molar-refractivity contribution in [2.75, 3.05) is 19.0 Å². The van der Waals surface area contributed by atoms with E-state index in [1.807, 2.05) is 5.32 Å². The number of methoxy groups -OCH3 is 1. The molecule has 158 valence electrons. The number of amides is 1. The molecule has 1 aromatic carbocycles. The fraction of sp³-hybridized carbons (Fsp3) is 0.368. The Morgan fingerprint density at radius 3 is 2.21 bits per heavy atom. The van der Waals surface area contributed by atoms with Crippen molar-refractivity contribution in [3.8, 4) is 11.1 Å². The minimum atomic E-state index is -5.61. The van der Waals surface area contributed by atoms with E-state index >= 15 is 0 Å². The van der Waals surface area contributed by atoms with Crippen molar-refractivity contribution in [3.63, 3.8) is 0 Å². The molecule has 0 bridgehead atoms. The molecule has 10 heteroatoms. The van der Waals surface area contributed by atoms with Crippen LogP contribution < -0.4 is 5.32 Å². The van der Waals surface area contributed by atoms with Gasteiger partial charge in [0.2, 0.25) is 0 Å². The summed E-state index contributed by atoms with van der Waals surface area (Å²) >= 11 is 0.878. The maximum atomic E-state index is 14.2. The summed E-state index contributed by atoms with van der Waals surface area (Å²) in [7, 11) is 0.431. The van der Waals surface area contributed by atoms with Crippen LogP contribution in [0.15, 0.2) is 30.3 Å². The molecule has 1 aromatic heterocycles. The van der Waals surface area contributed by atoms with Crippen molar-refractivity contribution >= 4 is 28.2 Å². The summed E-state index contributed by atoms with van der Waals surface area (Å²) in [4.78, 5) is 25.3. The van der Waals surface area contributed by atoms with Gasteiger partial charge in [-0.25, -0.2) is 4.79 Å². The van der Waals surface area contributed by atoms with E-state index in [0.717, 1.165) is 11.3 Å². The first-order valence-electron chi connectivity index (χ1n) is 8.61. The van der Waals surface area contributed by atoms with Crippen molar-refractivity contribution < 1.29 is 36.6 Å². The van der Waals surface area contributed by atoms with Gasteiger partial charge in [-0.05, 0) is 18.9 Å². The third-order valence-electron chi connectivity index (χ3n) is 4.01. The fourth-order valence-electron chi connectivity index (χ4n) is 2.64. The molecule has 5 nitrogen and oxygen atoms in total. The van der Waals surface area contributed by atoms with E-state index in [2.05, 4.69) is 4.74 Å². The second-order valence-corrected chi connectivity index (χ2v) is 6.90. The molecular weight excluding hydrogens is 414 g/mol. The van der Waals surface area contributed by atoms with Gasteiger partial charge in [0.1, 0.15) is 10.6 Å². The molecule has 2 rings (SSSR count). The quantitative estimate of drug-likeness (QED) is 0.495. The first-order valence-corrected chi connectivity index (χ1v) is 9.42. The predicted molar refractivity (Wildman–Crippen MR) is 101 cm³/mol. The number of hydrogen-bond acceptors (Lipinski definition) is 5. The number of aryl methyl sites for hydroxylation is 1. The zero-order valence-corrected chi connectivity index (χ0v) is 16.7. The minimum Gasteiger partial charge on any atom is -0.462 e. The molecule has 0 aliphatic rings. The molecule has 0 aliphatic carbocycles. The molecular formula is C19H19F4NO4S. The van der Waals surface area contributed by atoms with Crippen LogP contribution >= 0.6 is 11.3 Å². The Balaban J connectivity index is 2.62. The lowest BCUT2D eigenvalue weighted by molar-refractivity contribution is -0.305. The third kappa shape index (κ3) is 4.43. The van der Waals surface area contributed by atoms with E-state index in [-0.39, 0.29) is 17.2 Å². The van der Waals surface area contributed by atoms with E-state index in [4.69, 9.17) is 4.74 Å². The molecule has 1 heterocycles. The lowest BCUT2D eigenvalue weighted by atomic mass is 10.00. The van der Waals surface area contributed by atoms with Crippen LogP contribution in [-0.2, 0) is 20.7 Å². The molecule has 1 atom stereocenters. The minimum absolute atomic E-state index is 0.00538. The highest BCUT2D eigenvalue weighted by Gasteiger charge is 2.63. The number of alkyl halides is 4. The number of esters is 1. The number of anilines is 1. The van der Waals surface area contributed by atoms with Crippen LogP contribution in [0.4, 0.5) is 22.6 Å². The molecule has 1 N–H and O–H groups in total. The normalized spacial score (nSPS) is 13.6. The van der Waals surface area contributed by atoms with E-state index in [1.54, 1.807) is 44.2 Å². The van der Waals surface area contributed by atoms with Crippen LogP contribution in [0.2, 0.25) is 0 Å². The molecule has 1 amide bonds. The molecule has 0 radical (unpaired) electrons. The Morgan fingerprint density at radius 1 is 1.10 bits per heavy atom. The van der Waals surface area contributed by atoms with Gasteiger partial charge in [0.05, 0.1) is 6.61 Å². The summed E-state index contributed by atoms with van der Waals surface area (Å²) in [5.74, 6) is -7.49. The summed E-state index contributed by atoms with van der Waals surface area (Å²) in [6.07, 6.45) is -5.19. The number of nitrogens with one attached hydrogen (secondary N) is 1. The van der Waals surface area contributed by atoms with Crippen molar-refractivity contribution in [1.82, 2.24) is 0 Å². The molecule has 0 saturated carbocycles. The summed E-state index contributed by atoms with van der Waals surface area (Å²) in [6, 6.07) is 8.62. The molecule has 0 unspecified atom stereocenters. The zero-order chi connectivity index (χ0) is 21.8. The average molecular weight is 433 g/mol. The first-order chi connectivity index (χ1) is 13.6. The van der Waals surface area contributed by atoms with Gasteiger partial charge in [-0.15, -0.1) is 11.3 Å². The Bertz CT molecular complexity index is 882. The van der Waals surface area contributed by atoms with Gasteiger partial charge >= 0.3 is 23.9 Å². The lowest BCUT2D eigenvalue weighted by Crippen LogP contribution is -2.52. The van der Waals surface area contributed by atoms with E-state index in [1.165, 1.54) is 0 Å². The molecule has 2 aromatic rings. The summed E-state index contributed by atoms with van der Waals surface area (Å²) in [6.45, 7) is 3.35. The van der Waals surface area contributed by atoms with Gasteiger partial charge in [0.25, 0.3) is 0 Å². The largest absolute Gasteiger partial charge is 0.462 e. The smallest absolute Gasteiger partial charge is 0.458 e. The van der Waals surface area contributed by atoms with Crippen molar-refractivity contribution in [3.05, 3.63) is 40.8 Å². The fourth-order valence-corrected chi connectivity index (χ4v) is 3.79. The van der Waals surface area contributed by atoms with E-state index in [9.17, 15) is 27.2 Å². The number of halogens is 4. The molecule has 0 fully saturated rings.